The number of hydrogen-bond acceptors (Lipinski definition) is 3. The summed E-state index contributed by atoms with van der Waals surface area (Å²) in [6.07, 6.45) is 0.267. The minimum absolute atomic E-state index is 0.0236. The molecule has 0 radical (unpaired) electrons. The third kappa shape index (κ3) is 2.86. The van der Waals surface area contributed by atoms with Crippen molar-refractivity contribution in [2.24, 2.45) is 5.92 Å². The smallest absolute Gasteiger partial charge is 0.227 e. The van der Waals surface area contributed by atoms with Gasteiger partial charge >= 0.3 is 0 Å². The molecule has 19 heavy (non-hydrogen) atoms. The van der Waals surface area contributed by atoms with Gasteiger partial charge in [0.05, 0.1) is 13.0 Å². The Morgan fingerprint density at radius 3 is 3.00 bits per heavy atom. The van der Waals surface area contributed by atoms with Crippen molar-refractivity contribution < 1.29 is 14.3 Å². The fraction of sp³-hybridized carbons (Fsp3) is 0.429. The first-order chi connectivity index (χ1) is 9.15. The number of rotatable bonds is 4. The Morgan fingerprint density at radius 2 is 2.32 bits per heavy atom. The van der Waals surface area contributed by atoms with Crippen LogP contribution in [0.15, 0.2) is 24.3 Å². The van der Waals surface area contributed by atoms with Gasteiger partial charge in [0.2, 0.25) is 11.8 Å². The SMILES string of the molecule is CCNC(=O)[C@@H]1CC(=O)N(c2cccc(OC)c2)C1. The van der Waals surface area contributed by atoms with E-state index in [1.54, 1.807) is 18.1 Å². The van der Waals surface area contributed by atoms with E-state index in [0.29, 0.717) is 18.8 Å². The van der Waals surface area contributed by atoms with E-state index in [1.165, 1.54) is 0 Å². The minimum atomic E-state index is -0.265. The molecule has 1 N–H and O–H groups in total. The van der Waals surface area contributed by atoms with Crippen LogP contribution in [0.3, 0.4) is 0 Å². The molecule has 1 atom stereocenters. The van der Waals surface area contributed by atoms with Crippen LogP contribution in [0.25, 0.3) is 0 Å². The number of anilines is 1. The van der Waals surface area contributed by atoms with Crippen LogP contribution in [0.2, 0.25) is 0 Å². The number of nitrogens with zero attached hydrogens (tertiary/aromatic N) is 1. The number of amides is 2. The highest BCUT2D eigenvalue weighted by molar-refractivity contribution is 6.00. The van der Waals surface area contributed by atoms with Gasteiger partial charge in [0, 0.05) is 31.3 Å². The van der Waals surface area contributed by atoms with Gasteiger partial charge in [-0.15, -0.1) is 0 Å². The zero-order valence-corrected chi connectivity index (χ0v) is 11.2. The van der Waals surface area contributed by atoms with Crippen LogP contribution >= 0.6 is 0 Å². The number of hydrogen-bond donors (Lipinski definition) is 1. The molecule has 1 aromatic rings. The van der Waals surface area contributed by atoms with Gasteiger partial charge in [-0.3, -0.25) is 9.59 Å². The summed E-state index contributed by atoms with van der Waals surface area (Å²) in [4.78, 5) is 25.4. The van der Waals surface area contributed by atoms with Crippen LogP contribution in [0.1, 0.15) is 13.3 Å². The van der Waals surface area contributed by atoms with Crippen LogP contribution in [-0.2, 0) is 9.59 Å². The van der Waals surface area contributed by atoms with Crippen LogP contribution in [0.5, 0.6) is 5.75 Å². The lowest BCUT2D eigenvalue weighted by molar-refractivity contribution is -0.126. The molecule has 1 fully saturated rings. The normalized spacial score (nSPS) is 18.5. The molecule has 1 aromatic carbocycles. The Kier molecular flexibility index (Phi) is 4.04. The molecule has 2 rings (SSSR count). The van der Waals surface area contributed by atoms with Crippen molar-refractivity contribution in [3.63, 3.8) is 0 Å². The summed E-state index contributed by atoms with van der Waals surface area (Å²) < 4.78 is 5.15. The molecule has 0 spiro atoms. The van der Waals surface area contributed by atoms with Crippen molar-refractivity contribution in [1.82, 2.24) is 5.32 Å². The van der Waals surface area contributed by atoms with E-state index in [-0.39, 0.29) is 24.2 Å². The molecule has 0 aromatic heterocycles. The average Bonchev–Trinajstić information content (AvgIpc) is 2.81. The highest BCUT2D eigenvalue weighted by Crippen LogP contribution is 2.27. The zero-order chi connectivity index (χ0) is 13.8. The molecule has 0 unspecified atom stereocenters. The number of ether oxygens (including phenoxy) is 1. The third-order valence-electron chi connectivity index (χ3n) is 3.21. The van der Waals surface area contributed by atoms with Crippen LogP contribution in [0.4, 0.5) is 5.69 Å². The van der Waals surface area contributed by atoms with E-state index in [1.807, 2.05) is 25.1 Å². The van der Waals surface area contributed by atoms with Gasteiger partial charge in [-0.25, -0.2) is 0 Å². The van der Waals surface area contributed by atoms with Crippen molar-refractivity contribution in [3.05, 3.63) is 24.3 Å². The molecule has 0 bridgehead atoms. The Balaban J connectivity index is 2.13. The lowest BCUT2D eigenvalue weighted by Crippen LogP contribution is -2.32. The molecule has 1 aliphatic heterocycles. The topological polar surface area (TPSA) is 58.6 Å². The summed E-state index contributed by atoms with van der Waals surface area (Å²) in [6, 6.07) is 7.31. The summed E-state index contributed by atoms with van der Waals surface area (Å²) in [5.41, 5.74) is 0.774. The number of methoxy groups -OCH3 is 1. The number of carbonyl (C=O) groups excluding carboxylic acids is 2. The van der Waals surface area contributed by atoms with E-state index in [4.69, 9.17) is 4.74 Å². The fourth-order valence-electron chi connectivity index (χ4n) is 2.23. The predicted octanol–water partition coefficient (Wildman–Crippen LogP) is 1.18. The second-order valence-corrected chi connectivity index (χ2v) is 4.50. The number of benzene rings is 1. The molecule has 0 saturated carbocycles. The predicted molar refractivity (Wildman–Crippen MR) is 72.1 cm³/mol. The lowest BCUT2D eigenvalue weighted by Gasteiger charge is -2.17. The molecule has 5 heteroatoms. The third-order valence-corrected chi connectivity index (χ3v) is 3.21. The molecule has 102 valence electrons. The standard InChI is InChI=1S/C14H18N2O3/c1-3-15-14(18)10-7-13(17)16(9-10)11-5-4-6-12(8-11)19-2/h4-6,8,10H,3,7,9H2,1-2H3,(H,15,18)/t10-/m1/s1. The minimum Gasteiger partial charge on any atom is -0.497 e. The van der Waals surface area contributed by atoms with Crippen LogP contribution < -0.4 is 15.0 Å². The van der Waals surface area contributed by atoms with E-state index in [2.05, 4.69) is 5.32 Å². The second-order valence-electron chi connectivity index (χ2n) is 4.50. The monoisotopic (exact) mass is 262 g/mol. The Labute approximate surface area is 112 Å². The van der Waals surface area contributed by atoms with Crippen molar-refractivity contribution in [2.45, 2.75) is 13.3 Å². The maximum atomic E-state index is 12.0. The average molecular weight is 262 g/mol. The van der Waals surface area contributed by atoms with Gasteiger partial charge in [0.25, 0.3) is 0 Å². The summed E-state index contributed by atoms with van der Waals surface area (Å²) in [5.74, 6) is 0.358. The Bertz CT molecular complexity index is 487. The van der Waals surface area contributed by atoms with Crippen molar-refractivity contribution in [3.8, 4) is 5.75 Å². The van der Waals surface area contributed by atoms with Gasteiger partial charge < -0.3 is 15.0 Å². The first-order valence-corrected chi connectivity index (χ1v) is 6.37. The number of nitrogens with one attached hydrogen (secondary N) is 1. The summed E-state index contributed by atoms with van der Waals surface area (Å²) in [7, 11) is 1.59. The molecule has 1 heterocycles. The van der Waals surface area contributed by atoms with Crippen molar-refractivity contribution in [1.29, 1.82) is 0 Å². The molecule has 1 aliphatic rings. The first-order valence-electron chi connectivity index (χ1n) is 6.37. The van der Waals surface area contributed by atoms with E-state index in [9.17, 15) is 9.59 Å². The highest BCUT2D eigenvalue weighted by Gasteiger charge is 2.34. The van der Waals surface area contributed by atoms with E-state index in [0.717, 1.165) is 5.69 Å². The van der Waals surface area contributed by atoms with Crippen LogP contribution in [0, 0.1) is 5.92 Å². The molecule has 5 nitrogen and oxygen atoms in total. The second kappa shape index (κ2) is 5.73. The number of carbonyl (C=O) groups is 2. The van der Waals surface area contributed by atoms with Gasteiger partial charge in [0.1, 0.15) is 5.75 Å². The lowest BCUT2D eigenvalue weighted by atomic mass is 10.1. The quantitative estimate of drug-likeness (QED) is 0.886. The van der Waals surface area contributed by atoms with E-state index >= 15 is 0 Å². The van der Waals surface area contributed by atoms with Crippen molar-refractivity contribution in [2.75, 3.05) is 25.1 Å². The van der Waals surface area contributed by atoms with Crippen LogP contribution in [-0.4, -0.2) is 32.0 Å². The molecular weight excluding hydrogens is 244 g/mol. The highest BCUT2D eigenvalue weighted by atomic mass is 16.5. The maximum Gasteiger partial charge on any atom is 0.227 e. The Hall–Kier alpha value is -2.04. The van der Waals surface area contributed by atoms with Crippen molar-refractivity contribution >= 4 is 17.5 Å². The van der Waals surface area contributed by atoms with Gasteiger partial charge in [-0.05, 0) is 19.1 Å². The summed E-state index contributed by atoms with van der Waals surface area (Å²) in [5, 5.41) is 2.76. The van der Waals surface area contributed by atoms with Gasteiger partial charge in [-0.1, -0.05) is 6.07 Å². The first kappa shape index (κ1) is 13.4. The maximum absolute atomic E-state index is 12.0. The fourth-order valence-corrected chi connectivity index (χ4v) is 2.23. The molecular formula is C14H18N2O3. The van der Waals surface area contributed by atoms with Gasteiger partial charge in [0.15, 0.2) is 0 Å². The molecule has 2 amide bonds. The Morgan fingerprint density at radius 1 is 1.53 bits per heavy atom. The molecule has 1 saturated heterocycles. The van der Waals surface area contributed by atoms with E-state index < -0.39 is 0 Å². The largest absolute Gasteiger partial charge is 0.497 e. The zero-order valence-electron chi connectivity index (χ0n) is 11.2. The van der Waals surface area contributed by atoms with Gasteiger partial charge in [-0.2, -0.15) is 0 Å². The summed E-state index contributed by atoms with van der Waals surface area (Å²) >= 11 is 0. The molecule has 0 aliphatic carbocycles. The summed E-state index contributed by atoms with van der Waals surface area (Å²) in [6.45, 7) is 2.88.